The van der Waals surface area contributed by atoms with Crippen molar-refractivity contribution in [1.29, 1.82) is 0 Å². The highest BCUT2D eigenvalue weighted by atomic mass is 32.2. The quantitative estimate of drug-likeness (QED) is 0.271. The van der Waals surface area contributed by atoms with Crippen molar-refractivity contribution in [2.24, 2.45) is 0 Å². The number of nitrogens with zero attached hydrogens (tertiary/aromatic N) is 4. The lowest BCUT2D eigenvalue weighted by molar-refractivity contribution is 0.0594. The van der Waals surface area contributed by atoms with Gasteiger partial charge in [0.15, 0.2) is 11.6 Å². The van der Waals surface area contributed by atoms with E-state index in [1.54, 1.807) is 0 Å². The smallest absolute Gasteiger partial charge is 0.356 e. The summed E-state index contributed by atoms with van der Waals surface area (Å²) in [5.41, 5.74) is -0.372. The van der Waals surface area contributed by atoms with E-state index in [0.717, 1.165) is 62.5 Å². The predicted octanol–water partition coefficient (Wildman–Crippen LogP) is 2.88. The summed E-state index contributed by atoms with van der Waals surface area (Å²) in [6.07, 6.45) is 3.27. The van der Waals surface area contributed by atoms with Crippen molar-refractivity contribution >= 4 is 27.7 Å². The number of ether oxygens (including phenoxy) is 2. The number of benzene rings is 2. The number of fused-ring (bicyclic) bond motifs is 2. The summed E-state index contributed by atoms with van der Waals surface area (Å²) in [5, 5.41) is 2.67. The van der Waals surface area contributed by atoms with Crippen molar-refractivity contribution in [3.63, 3.8) is 0 Å². The Bertz CT molecular complexity index is 1820. The first-order valence-corrected chi connectivity index (χ1v) is 16.5. The third-order valence-corrected chi connectivity index (χ3v) is 9.70. The SMILES string of the molecule is COCc1nc(=O)n(C(=O)NCCCN2CCC3(CC2)CN(S(C)(=O)=O)c2ccccc23)c(-c2ccc(F)c(F)c2)c1C(=O)OC. The van der Waals surface area contributed by atoms with Crippen molar-refractivity contribution in [3.05, 3.63) is 81.4 Å². The van der Waals surface area contributed by atoms with Gasteiger partial charge in [-0.05, 0) is 68.7 Å². The number of sulfonamides is 1. The number of halogens is 2. The molecule has 3 aromatic rings. The van der Waals surface area contributed by atoms with Crippen molar-refractivity contribution < 1.29 is 36.3 Å². The number of carbonyl (C=O) groups excluding carboxylic acids is 2. The second-order valence-corrected chi connectivity index (χ2v) is 13.4. The predicted molar refractivity (Wildman–Crippen MR) is 165 cm³/mol. The van der Waals surface area contributed by atoms with Gasteiger partial charge in [-0.25, -0.2) is 36.1 Å². The van der Waals surface area contributed by atoms with Gasteiger partial charge in [0.05, 0.1) is 37.0 Å². The van der Waals surface area contributed by atoms with Gasteiger partial charge in [0, 0.05) is 31.2 Å². The fourth-order valence-corrected chi connectivity index (χ4v) is 7.32. The van der Waals surface area contributed by atoms with Crippen LogP contribution in [0.4, 0.5) is 19.3 Å². The summed E-state index contributed by atoms with van der Waals surface area (Å²) >= 11 is 0. The van der Waals surface area contributed by atoms with E-state index in [4.69, 9.17) is 9.47 Å². The molecule has 0 atom stereocenters. The minimum Gasteiger partial charge on any atom is -0.465 e. The van der Waals surface area contributed by atoms with Crippen molar-refractivity contribution in [2.45, 2.75) is 31.3 Å². The molecule has 3 heterocycles. The lowest BCUT2D eigenvalue weighted by atomic mass is 9.74. The van der Waals surface area contributed by atoms with Crippen molar-refractivity contribution in [2.75, 3.05) is 57.5 Å². The molecular weight excluding hydrogens is 624 g/mol. The number of likely N-dealkylation sites (tertiary alicyclic amines) is 1. The van der Waals surface area contributed by atoms with Crippen LogP contribution in [0.15, 0.2) is 47.3 Å². The van der Waals surface area contributed by atoms with E-state index in [0.29, 0.717) is 24.1 Å². The second kappa shape index (κ2) is 13.3. The summed E-state index contributed by atoms with van der Waals surface area (Å²) < 4.78 is 65.0. The van der Waals surface area contributed by atoms with Crippen LogP contribution in [0.2, 0.25) is 0 Å². The van der Waals surface area contributed by atoms with Gasteiger partial charge in [0.2, 0.25) is 10.0 Å². The van der Waals surface area contributed by atoms with Crippen LogP contribution in [0.3, 0.4) is 0 Å². The Morgan fingerprint density at radius 2 is 1.78 bits per heavy atom. The first-order chi connectivity index (χ1) is 21.9. The largest absolute Gasteiger partial charge is 0.465 e. The molecule has 0 bridgehead atoms. The number of aromatic nitrogens is 2. The van der Waals surface area contributed by atoms with Gasteiger partial charge in [0.1, 0.15) is 5.56 Å². The highest BCUT2D eigenvalue weighted by Crippen LogP contribution is 2.47. The topological polar surface area (TPSA) is 140 Å². The van der Waals surface area contributed by atoms with Gasteiger partial charge in [-0.2, -0.15) is 4.98 Å². The van der Waals surface area contributed by atoms with Gasteiger partial charge in [0.25, 0.3) is 0 Å². The third kappa shape index (κ3) is 6.39. The number of amides is 1. The van der Waals surface area contributed by atoms with Crippen LogP contribution in [0.25, 0.3) is 11.3 Å². The van der Waals surface area contributed by atoms with Crippen LogP contribution in [0, 0.1) is 11.6 Å². The van der Waals surface area contributed by atoms with E-state index in [-0.39, 0.29) is 41.1 Å². The zero-order valence-electron chi connectivity index (χ0n) is 25.7. The van der Waals surface area contributed by atoms with E-state index in [2.05, 4.69) is 15.2 Å². The van der Waals surface area contributed by atoms with Gasteiger partial charge in [-0.15, -0.1) is 0 Å². The van der Waals surface area contributed by atoms with Crippen LogP contribution < -0.4 is 15.3 Å². The first-order valence-electron chi connectivity index (χ1n) is 14.7. The Morgan fingerprint density at radius 1 is 1.07 bits per heavy atom. The highest BCUT2D eigenvalue weighted by Gasteiger charge is 2.46. The molecule has 15 heteroatoms. The number of rotatable bonds is 9. The van der Waals surface area contributed by atoms with Crippen molar-refractivity contribution in [3.8, 4) is 11.3 Å². The molecular formula is C31H35F2N5O7S. The van der Waals surface area contributed by atoms with E-state index in [9.17, 15) is 31.6 Å². The maximum absolute atomic E-state index is 14.3. The summed E-state index contributed by atoms with van der Waals surface area (Å²) in [4.78, 5) is 45.4. The summed E-state index contributed by atoms with van der Waals surface area (Å²) in [6.45, 7) is 2.36. The second-order valence-electron chi connectivity index (χ2n) is 11.4. The molecule has 5 rings (SSSR count). The fraction of sp³-hybridized carbons (Fsp3) is 0.419. The van der Waals surface area contributed by atoms with E-state index < -0.39 is 39.3 Å². The van der Waals surface area contributed by atoms with Gasteiger partial charge in [-0.3, -0.25) is 4.31 Å². The van der Waals surface area contributed by atoms with Crippen molar-refractivity contribution in [1.82, 2.24) is 19.8 Å². The average Bonchev–Trinajstić information content (AvgIpc) is 3.35. The number of para-hydroxylation sites is 1. The molecule has 2 aromatic carbocycles. The number of esters is 1. The molecule has 246 valence electrons. The monoisotopic (exact) mass is 659 g/mol. The molecule has 1 N–H and O–H groups in total. The maximum atomic E-state index is 14.3. The number of piperidine rings is 1. The molecule has 0 saturated carbocycles. The number of nitrogens with one attached hydrogen (secondary N) is 1. The number of carbonyl (C=O) groups is 2. The Balaban J connectivity index is 1.29. The molecule has 46 heavy (non-hydrogen) atoms. The molecule has 2 aliphatic rings. The van der Waals surface area contributed by atoms with Crippen LogP contribution >= 0.6 is 0 Å². The minimum absolute atomic E-state index is 0.114. The number of methoxy groups -OCH3 is 2. The number of anilines is 1. The third-order valence-electron chi connectivity index (χ3n) is 8.57. The molecule has 0 radical (unpaired) electrons. The fourth-order valence-electron chi connectivity index (χ4n) is 6.32. The molecule has 1 fully saturated rings. The van der Waals surface area contributed by atoms with Crippen LogP contribution in [-0.4, -0.2) is 88.1 Å². The lowest BCUT2D eigenvalue weighted by Crippen LogP contribution is -2.46. The molecule has 2 aliphatic heterocycles. The van der Waals surface area contributed by atoms with Gasteiger partial charge < -0.3 is 19.7 Å². The normalized spacial score (nSPS) is 16.0. The molecule has 12 nitrogen and oxygen atoms in total. The maximum Gasteiger partial charge on any atom is 0.356 e. The average molecular weight is 660 g/mol. The van der Waals surface area contributed by atoms with Crippen LogP contribution in [-0.2, 0) is 31.5 Å². The molecule has 1 aromatic heterocycles. The van der Waals surface area contributed by atoms with Gasteiger partial charge in [-0.1, -0.05) is 18.2 Å². The Labute approximate surface area is 265 Å². The molecule has 1 amide bonds. The van der Waals surface area contributed by atoms with Crippen LogP contribution in [0.5, 0.6) is 0 Å². The Hall–Kier alpha value is -4.21. The number of hydrogen-bond donors (Lipinski definition) is 1. The van der Waals surface area contributed by atoms with E-state index in [1.165, 1.54) is 17.7 Å². The van der Waals surface area contributed by atoms with E-state index in [1.807, 2.05) is 24.3 Å². The molecule has 1 spiro atoms. The Morgan fingerprint density at radius 3 is 2.43 bits per heavy atom. The minimum atomic E-state index is -3.41. The Kier molecular flexibility index (Phi) is 9.56. The summed E-state index contributed by atoms with van der Waals surface area (Å²) in [5.74, 6) is -3.35. The zero-order chi connectivity index (χ0) is 33.2. The first kappa shape index (κ1) is 33.2. The summed E-state index contributed by atoms with van der Waals surface area (Å²) in [7, 11) is -0.999. The zero-order valence-corrected chi connectivity index (χ0v) is 26.5. The standard InChI is InChI=1S/C31H35F2N5O7S/c1-44-18-24-26(28(39)45-2)27(20-9-10-22(32)23(33)17-20)38(30(41)35-24)29(40)34-13-6-14-36-15-11-31(12-16-36)19-37(46(3,42)43)25-8-5-4-7-21(25)31/h4-5,7-10,17H,6,11-16,18-19H2,1-3H3,(H,34,40). The molecule has 0 aliphatic carbocycles. The summed E-state index contributed by atoms with van der Waals surface area (Å²) in [6, 6.07) is 9.45. The van der Waals surface area contributed by atoms with Crippen LogP contribution in [0.1, 0.15) is 40.9 Å². The molecule has 1 saturated heterocycles. The number of hydrogen-bond acceptors (Lipinski definition) is 9. The van der Waals surface area contributed by atoms with Gasteiger partial charge >= 0.3 is 17.7 Å². The van der Waals surface area contributed by atoms with E-state index >= 15 is 0 Å². The highest BCUT2D eigenvalue weighted by molar-refractivity contribution is 7.92. The lowest BCUT2D eigenvalue weighted by Gasteiger charge is -2.39. The molecule has 0 unspecified atom stereocenters.